The molecule has 0 saturated carbocycles. The maximum absolute atomic E-state index is 12.5. The van der Waals surface area contributed by atoms with E-state index in [0.29, 0.717) is 12.6 Å². The number of nitrogens with zero attached hydrogens (tertiary/aromatic N) is 3. The maximum Gasteiger partial charge on any atom is 0.409 e. The molecular weight excluding hydrogens is 360 g/mol. The van der Waals surface area contributed by atoms with E-state index in [4.69, 9.17) is 9.47 Å². The topological polar surface area (TPSA) is 79.8 Å². The average molecular weight is 388 g/mol. The molecule has 1 atom stereocenters. The highest BCUT2D eigenvalue weighted by Crippen LogP contribution is 2.29. The van der Waals surface area contributed by atoms with Gasteiger partial charge in [-0.3, -0.25) is 9.47 Å². The molecule has 0 unspecified atom stereocenters. The Morgan fingerprint density at radius 3 is 2.64 bits per heavy atom. The van der Waals surface area contributed by atoms with Crippen molar-refractivity contribution in [1.29, 1.82) is 0 Å². The van der Waals surface area contributed by atoms with Crippen LogP contribution >= 0.6 is 0 Å². The predicted molar refractivity (Wildman–Crippen MR) is 106 cm³/mol. The van der Waals surface area contributed by atoms with Gasteiger partial charge in [-0.05, 0) is 38.3 Å². The lowest BCUT2D eigenvalue weighted by Gasteiger charge is -2.36. The summed E-state index contributed by atoms with van der Waals surface area (Å²) in [6.07, 6.45) is 2.60. The molecule has 1 aromatic carbocycles. The van der Waals surface area contributed by atoms with Crippen molar-refractivity contribution in [2.75, 3.05) is 39.9 Å². The van der Waals surface area contributed by atoms with Gasteiger partial charge < -0.3 is 19.4 Å². The molecule has 0 aliphatic carbocycles. The molecule has 1 aromatic heterocycles. The number of piperidine rings is 1. The molecule has 2 aromatic rings. The first kappa shape index (κ1) is 18.9. The number of methoxy groups -OCH3 is 1. The minimum Gasteiger partial charge on any atom is -0.497 e. The van der Waals surface area contributed by atoms with Crippen LogP contribution in [0.25, 0.3) is 11.0 Å². The molecule has 28 heavy (non-hydrogen) atoms. The predicted octanol–water partition coefficient (Wildman–Crippen LogP) is 2.21. The van der Waals surface area contributed by atoms with Gasteiger partial charge in [-0.15, -0.1) is 0 Å². The fraction of sp³-hybridized carbons (Fsp3) is 0.600. The van der Waals surface area contributed by atoms with Gasteiger partial charge >= 0.3 is 11.8 Å². The number of benzene rings is 1. The lowest BCUT2D eigenvalue weighted by molar-refractivity contribution is 0.105. The van der Waals surface area contributed by atoms with Crippen molar-refractivity contribution in [2.45, 2.75) is 38.3 Å². The number of aromatic nitrogens is 2. The Morgan fingerprint density at radius 2 is 1.93 bits per heavy atom. The Balaban J connectivity index is 1.42. The molecule has 2 saturated heterocycles. The zero-order valence-electron chi connectivity index (χ0n) is 16.5. The first-order chi connectivity index (χ1) is 13.6. The first-order valence-electron chi connectivity index (χ1n) is 10.0. The summed E-state index contributed by atoms with van der Waals surface area (Å²) >= 11 is 0. The molecule has 0 radical (unpaired) electrons. The van der Waals surface area contributed by atoms with Crippen LogP contribution in [0.15, 0.2) is 23.0 Å². The van der Waals surface area contributed by atoms with Gasteiger partial charge in [0.15, 0.2) is 0 Å². The smallest absolute Gasteiger partial charge is 0.409 e. The quantitative estimate of drug-likeness (QED) is 0.869. The number of fused-ring (bicyclic) bond motifs is 1. The minimum absolute atomic E-state index is 0.0592. The Bertz CT molecular complexity index is 897. The van der Waals surface area contributed by atoms with Gasteiger partial charge in [-0.1, -0.05) is 0 Å². The van der Waals surface area contributed by atoms with Gasteiger partial charge in [0.2, 0.25) is 0 Å². The molecule has 0 spiro atoms. The van der Waals surface area contributed by atoms with Crippen molar-refractivity contribution < 1.29 is 14.3 Å². The zero-order chi connectivity index (χ0) is 19.7. The normalized spacial score (nSPS) is 21.4. The fourth-order valence-corrected chi connectivity index (χ4v) is 4.52. The van der Waals surface area contributed by atoms with Crippen LogP contribution in [-0.2, 0) is 4.74 Å². The second-order valence-electron chi connectivity index (χ2n) is 7.54. The largest absolute Gasteiger partial charge is 0.497 e. The highest BCUT2D eigenvalue weighted by Gasteiger charge is 2.33. The second-order valence-corrected chi connectivity index (χ2v) is 7.54. The Labute approximate surface area is 164 Å². The molecular formula is C20H28N4O4. The zero-order valence-corrected chi connectivity index (χ0v) is 16.5. The van der Waals surface area contributed by atoms with Crippen molar-refractivity contribution in [2.24, 2.45) is 0 Å². The summed E-state index contributed by atoms with van der Waals surface area (Å²) in [4.78, 5) is 31.7. The van der Waals surface area contributed by atoms with Crippen LogP contribution in [-0.4, -0.2) is 71.4 Å². The number of hydrogen-bond acceptors (Lipinski definition) is 5. The van der Waals surface area contributed by atoms with Crippen molar-refractivity contribution in [1.82, 2.24) is 19.4 Å². The summed E-state index contributed by atoms with van der Waals surface area (Å²) in [5, 5.41) is 0. The number of hydrogen-bond donors (Lipinski definition) is 1. The van der Waals surface area contributed by atoms with Gasteiger partial charge in [0, 0.05) is 44.3 Å². The molecule has 2 fully saturated rings. The molecule has 2 aliphatic rings. The number of carbonyl (C=O) groups excluding carboxylic acids is 1. The van der Waals surface area contributed by atoms with Crippen molar-refractivity contribution in [3.8, 4) is 5.75 Å². The van der Waals surface area contributed by atoms with E-state index < -0.39 is 0 Å². The summed E-state index contributed by atoms with van der Waals surface area (Å²) in [6.45, 7) is 5.58. The number of amides is 1. The monoisotopic (exact) mass is 388 g/mol. The maximum atomic E-state index is 12.5. The van der Waals surface area contributed by atoms with Crippen LogP contribution in [0, 0.1) is 0 Å². The molecule has 3 heterocycles. The van der Waals surface area contributed by atoms with Gasteiger partial charge in [0.1, 0.15) is 5.75 Å². The number of imidazole rings is 1. The minimum atomic E-state index is -0.209. The number of likely N-dealkylation sites (tertiary alicyclic amines) is 2. The van der Waals surface area contributed by atoms with E-state index in [1.165, 1.54) is 0 Å². The molecule has 0 bridgehead atoms. The van der Waals surface area contributed by atoms with E-state index >= 15 is 0 Å². The molecule has 8 heteroatoms. The summed E-state index contributed by atoms with van der Waals surface area (Å²) in [7, 11) is 1.63. The molecule has 8 nitrogen and oxygen atoms in total. The molecule has 152 valence electrons. The van der Waals surface area contributed by atoms with E-state index in [2.05, 4.69) is 9.88 Å². The van der Waals surface area contributed by atoms with E-state index in [9.17, 15) is 9.59 Å². The molecule has 1 N–H and O–H groups in total. The highest BCUT2D eigenvalue weighted by atomic mass is 16.6. The van der Waals surface area contributed by atoms with Crippen molar-refractivity contribution >= 4 is 17.1 Å². The van der Waals surface area contributed by atoms with Gasteiger partial charge in [-0.2, -0.15) is 0 Å². The number of ether oxygens (including phenoxy) is 2. The summed E-state index contributed by atoms with van der Waals surface area (Å²) in [6, 6.07) is 6.23. The average Bonchev–Trinajstić information content (AvgIpc) is 3.32. The van der Waals surface area contributed by atoms with Gasteiger partial charge in [0.05, 0.1) is 24.8 Å². The third-order valence-corrected chi connectivity index (χ3v) is 5.99. The van der Waals surface area contributed by atoms with Gasteiger partial charge in [-0.25, -0.2) is 9.59 Å². The molecule has 2 aliphatic heterocycles. The van der Waals surface area contributed by atoms with E-state index in [1.54, 1.807) is 12.0 Å². The van der Waals surface area contributed by atoms with Crippen LogP contribution in [0.1, 0.15) is 32.2 Å². The van der Waals surface area contributed by atoms with Crippen LogP contribution in [0.4, 0.5) is 4.79 Å². The summed E-state index contributed by atoms with van der Waals surface area (Å²) in [5.74, 6) is 0.752. The Morgan fingerprint density at radius 1 is 1.18 bits per heavy atom. The number of carbonyl (C=O) groups is 1. The molecule has 1 amide bonds. The lowest BCUT2D eigenvalue weighted by atomic mass is 10.0. The lowest BCUT2D eigenvalue weighted by Crippen LogP contribution is -2.44. The number of aromatic amines is 1. The third kappa shape index (κ3) is 3.48. The number of nitrogens with one attached hydrogen (secondary N) is 1. The first-order valence-corrected chi connectivity index (χ1v) is 10.0. The third-order valence-electron chi connectivity index (χ3n) is 5.99. The van der Waals surface area contributed by atoms with E-state index in [1.807, 2.05) is 29.7 Å². The van der Waals surface area contributed by atoms with Crippen LogP contribution < -0.4 is 10.4 Å². The second kappa shape index (κ2) is 7.87. The number of rotatable bonds is 4. The SMILES string of the molecule is CCOC(=O)N1CC[C@H](N2CCC(n3c(=O)[nH]c4ccc(OC)cc43)CC2)C1. The molecule has 4 rings (SSSR count). The van der Waals surface area contributed by atoms with Crippen LogP contribution in [0.3, 0.4) is 0 Å². The Kier molecular flexibility index (Phi) is 5.30. The number of H-pyrrole nitrogens is 1. The Hall–Kier alpha value is -2.48. The summed E-state index contributed by atoms with van der Waals surface area (Å²) in [5.41, 5.74) is 1.68. The van der Waals surface area contributed by atoms with E-state index in [-0.39, 0.29) is 17.8 Å². The van der Waals surface area contributed by atoms with Crippen molar-refractivity contribution in [3.63, 3.8) is 0 Å². The standard InChI is InChI=1S/C20H28N4O4/c1-3-28-20(26)23-11-8-15(13-23)22-9-6-14(7-10-22)24-18-12-16(27-2)4-5-17(18)21-19(24)25/h4-5,12,14-15H,3,6-11,13H2,1-2H3,(H,21,25)/t15-/m0/s1. The highest BCUT2D eigenvalue weighted by molar-refractivity contribution is 5.77. The van der Waals surface area contributed by atoms with Crippen LogP contribution in [0.5, 0.6) is 5.75 Å². The van der Waals surface area contributed by atoms with Crippen LogP contribution in [0.2, 0.25) is 0 Å². The van der Waals surface area contributed by atoms with Gasteiger partial charge in [0.25, 0.3) is 0 Å². The van der Waals surface area contributed by atoms with Crippen molar-refractivity contribution in [3.05, 3.63) is 28.7 Å². The fourth-order valence-electron chi connectivity index (χ4n) is 4.52. The summed E-state index contributed by atoms with van der Waals surface area (Å²) < 4.78 is 12.3. The van der Waals surface area contributed by atoms with E-state index in [0.717, 1.165) is 62.2 Å².